The molecule has 0 fully saturated rings. The molecule has 1 heterocycles. The van der Waals surface area contributed by atoms with E-state index in [-0.39, 0.29) is 13.2 Å². The van der Waals surface area contributed by atoms with Gasteiger partial charge >= 0.3 is 0 Å². The molecule has 0 radical (unpaired) electrons. The Morgan fingerprint density at radius 3 is 2.17 bits per heavy atom. The SMILES string of the molecule is C.O=S(=O)(Cc1ccccc1-c1ccccc1)c1ccc(Br)s1. The van der Waals surface area contributed by atoms with Gasteiger partial charge in [-0.25, -0.2) is 8.42 Å². The number of hydrogen-bond acceptors (Lipinski definition) is 3. The summed E-state index contributed by atoms with van der Waals surface area (Å²) in [6.07, 6.45) is 0. The molecule has 0 aliphatic rings. The van der Waals surface area contributed by atoms with Crippen molar-refractivity contribution >= 4 is 37.1 Å². The quantitative estimate of drug-likeness (QED) is 0.547. The van der Waals surface area contributed by atoms with Crippen LogP contribution >= 0.6 is 27.3 Å². The lowest BCUT2D eigenvalue weighted by molar-refractivity contribution is 0.597. The van der Waals surface area contributed by atoms with E-state index in [1.54, 1.807) is 12.1 Å². The second-order valence-electron chi connectivity index (χ2n) is 4.84. The van der Waals surface area contributed by atoms with E-state index in [1.807, 2.05) is 54.6 Å². The second kappa shape index (κ2) is 7.43. The van der Waals surface area contributed by atoms with Crippen molar-refractivity contribution in [1.29, 1.82) is 0 Å². The van der Waals surface area contributed by atoms with Gasteiger partial charge in [0, 0.05) is 0 Å². The molecule has 0 amide bonds. The Hall–Kier alpha value is -1.43. The van der Waals surface area contributed by atoms with E-state index in [0.717, 1.165) is 20.5 Å². The Morgan fingerprint density at radius 1 is 0.870 bits per heavy atom. The Kier molecular flexibility index (Phi) is 5.79. The van der Waals surface area contributed by atoms with Crippen molar-refractivity contribution in [3.05, 3.63) is 76.1 Å². The van der Waals surface area contributed by atoms with Crippen molar-refractivity contribution in [3.63, 3.8) is 0 Å². The summed E-state index contributed by atoms with van der Waals surface area (Å²) in [6.45, 7) is 0. The first kappa shape index (κ1) is 17.9. The van der Waals surface area contributed by atoms with Gasteiger partial charge < -0.3 is 0 Å². The van der Waals surface area contributed by atoms with E-state index >= 15 is 0 Å². The van der Waals surface area contributed by atoms with Crippen LogP contribution < -0.4 is 0 Å². The highest BCUT2D eigenvalue weighted by Crippen LogP contribution is 2.31. The zero-order valence-electron chi connectivity index (χ0n) is 11.6. The maximum absolute atomic E-state index is 12.6. The molecule has 0 N–H and O–H groups in total. The number of rotatable bonds is 4. The number of sulfone groups is 1. The average molecular weight is 409 g/mol. The summed E-state index contributed by atoms with van der Waals surface area (Å²) in [5.41, 5.74) is 2.81. The fourth-order valence-electron chi connectivity index (χ4n) is 2.29. The molecule has 5 heteroatoms. The summed E-state index contributed by atoms with van der Waals surface area (Å²) in [6, 6.07) is 20.9. The molecule has 0 atom stereocenters. The van der Waals surface area contributed by atoms with Gasteiger partial charge in [-0.1, -0.05) is 62.0 Å². The van der Waals surface area contributed by atoms with Gasteiger partial charge in [0.1, 0.15) is 4.21 Å². The molecule has 0 aliphatic carbocycles. The third kappa shape index (κ3) is 4.10. The fourth-order valence-corrected chi connectivity index (χ4v) is 5.76. The summed E-state index contributed by atoms with van der Waals surface area (Å²) in [4.78, 5) is 0. The summed E-state index contributed by atoms with van der Waals surface area (Å²) in [7, 11) is -3.33. The van der Waals surface area contributed by atoms with Crippen LogP contribution in [0.4, 0.5) is 0 Å². The Morgan fingerprint density at radius 2 is 1.52 bits per heavy atom. The van der Waals surface area contributed by atoms with Crippen LogP contribution in [0.1, 0.15) is 13.0 Å². The fraction of sp³-hybridized carbons (Fsp3) is 0.111. The highest BCUT2D eigenvalue weighted by Gasteiger charge is 2.19. The molecule has 2 aromatic carbocycles. The second-order valence-corrected chi connectivity index (χ2v) is 9.52. The summed E-state index contributed by atoms with van der Waals surface area (Å²) < 4.78 is 26.4. The Balaban J connectivity index is 0.00000192. The van der Waals surface area contributed by atoms with Gasteiger partial charge in [0.15, 0.2) is 9.84 Å². The molecule has 0 spiro atoms. The van der Waals surface area contributed by atoms with Gasteiger partial charge in [0.2, 0.25) is 0 Å². The third-order valence-electron chi connectivity index (χ3n) is 3.30. The van der Waals surface area contributed by atoms with Crippen molar-refractivity contribution in [2.75, 3.05) is 0 Å². The van der Waals surface area contributed by atoms with E-state index in [9.17, 15) is 8.42 Å². The lowest BCUT2D eigenvalue weighted by Gasteiger charge is -2.09. The normalized spacial score (nSPS) is 11.0. The van der Waals surface area contributed by atoms with Gasteiger partial charge in [-0.3, -0.25) is 0 Å². The maximum atomic E-state index is 12.6. The van der Waals surface area contributed by atoms with Gasteiger partial charge in [-0.05, 0) is 44.8 Å². The van der Waals surface area contributed by atoms with Crippen LogP contribution in [0, 0.1) is 0 Å². The highest BCUT2D eigenvalue weighted by molar-refractivity contribution is 9.11. The molecule has 3 rings (SSSR count). The summed E-state index contributed by atoms with van der Waals surface area (Å²) in [5.74, 6) is 0.00498. The van der Waals surface area contributed by atoms with Crippen molar-refractivity contribution in [1.82, 2.24) is 0 Å². The van der Waals surface area contributed by atoms with Gasteiger partial charge in [-0.15, -0.1) is 11.3 Å². The average Bonchev–Trinajstić information content (AvgIpc) is 2.96. The lowest BCUT2D eigenvalue weighted by Crippen LogP contribution is -2.04. The van der Waals surface area contributed by atoms with E-state index in [2.05, 4.69) is 15.9 Å². The Bertz CT molecular complexity index is 884. The molecular formula is C18H17BrO2S2. The predicted molar refractivity (Wildman–Crippen MR) is 102 cm³/mol. The van der Waals surface area contributed by atoms with E-state index in [1.165, 1.54) is 11.3 Å². The third-order valence-corrected chi connectivity index (χ3v) is 7.17. The van der Waals surface area contributed by atoms with Gasteiger partial charge in [-0.2, -0.15) is 0 Å². The minimum atomic E-state index is -3.33. The van der Waals surface area contributed by atoms with Crippen LogP contribution in [0.3, 0.4) is 0 Å². The monoisotopic (exact) mass is 408 g/mol. The van der Waals surface area contributed by atoms with Crippen LogP contribution in [0.5, 0.6) is 0 Å². The van der Waals surface area contributed by atoms with Crippen molar-refractivity contribution in [2.24, 2.45) is 0 Å². The topological polar surface area (TPSA) is 34.1 Å². The van der Waals surface area contributed by atoms with E-state index < -0.39 is 9.84 Å². The zero-order chi connectivity index (χ0) is 15.6. The summed E-state index contributed by atoms with van der Waals surface area (Å²) in [5, 5.41) is 0. The van der Waals surface area contributed by atoms with Gasteiger partial charge in [0.25, 0.3) is 0 Å². The van der Waals surface area contributed by atoms with Crippen LogP contribution in [-0.2, 0) is 15.6 Å². The maximum Gasteiger partial charge on any atom is 0.191 e. The molecule has 120 valence electrons. The van der Waals surface area contributed by atoms with Gasteiger partial charge in [0.05, 0.1) is 9.54 Å². The molecule has 0 saturated carbocycles. The number of halogens is 1. The number of hydrogen-bond donors (Lipinski definition) is 0. The van der Waals surface area contributed by atoms with Crippen molar-refractivity contribution in [2.45, 2.75) is 17.4 Å². The molecule has 0 saturated heterocycles. The largest absolute Gasteiger partial charge is 0.223 e. The molecule has 1 aromatic heterocycles. The lowest BCUT2D eigenvalue weighted by atomic mass is 10.0. The molecule has 0 bridgehead atoms. The minimum absolute atomic E-state index is 0. The molecule has 0 unspecified atom stereocenters. The molecule has 0 aliphatic heterocycles. The zero-order valence-corrected chi connectivity index (χ0v) is 14.8. The first-order chi connectivity index (χ1) is 10.6. The van der Waals surface area contributed by atoms with Crippen molar-refractivity contribution in [3.8, 4) is 11.1 Å². The predicted octanol–water partition coefficient (Wildman–Crippen LogP) is 5.79. The smallest absolute Gasteiger partial charge is 0.191 e. The minimum Gasteiger partial charge on any atom is -0.223 e. The van der Waals surface area contributed by atoms with Crippen LogP contribution in [-0.4, -0.2) is 8.42 Å². The molecular weight excluding hydrogens is 392 g/mol. The van der Waals surface area contributed by atoms with E-state index in [4.69, 9.17) is 0 Å². The molecule has 3 aromatic rings. The number of thiophene rings is 1. The molecule has 23 heavy (non-hydrogen) atoms. The molecule has 2 nitrogen and oxygen atoms in total. The standard InChI is InChI=1S/C17H13BrO2S2.CH4/c18-16-10-11-17(21-16)22(19,20)12-14-8-4-5-9-15(14)13-6-2-1-3-7-13;/h1-11H,12H2;1H4. The van der Waals surface area contributed by atoms with Crippen LogP contribution in [0.15, 0.2) is 74.7 Å². The first-order valence-electron chi connectivity index (χ1n) is 6.68. The van der Waals surface area contributed by atoms with Crippen LogP contribution in [0.25, 0.3) is 11.1 Å². The first-order valence-corrected chi connectivity index (χ1v) is 9.94. The van der Waals surface area contributed by atoms with Crippen LogP contribution in [0.2, 0.25) is 0 Å². The Labute approximate surface area is 149 Å². The van der Waals surface area contributed by atoms with Crippen molar-refractivity contribution < 1.29 is 8.42 Å². The summed E-state index contributed by atoms with van der Waals surface area (Å²) >= 11 is 4.56. The number of benzene rings is 2. The highest BCUT2D eigenvalue weighted by atomic mass is 79.9. The van der Waals surface area contributed by atoms with E-state index in [0.29, 0.717) is 4.21 Å².